The van der Waals surface area contributed by atoms with Gasteiger partial charge in [0.1, 0.15) is 29.3 Å². The number of nitriles is 1. The fourth-order valence-electron chi connectivity index (χ4n) is 2.91. The Morgan fingerprint density at radius 3 is 1.41 bits per heavy atom. The van der Waals surface area contributed by atoms with E-state index in [9.17, 15) is 4.79 Å². The second-order valence-corrected chi connectivity index (χ2v) is 7.30. The Morgan fingerprint density at radius 2 is 1.05 bits per heavy atom. The standard InChI is InChI=1S/C17H15NO.C13H10O2.CO2/c1-2-14(13-18)12-15-8-10-17(11-9-15)19-16-6-4-3-5-7-16;14-10-11-6-8-13(9-7-11)15-12-4-2-1-3-5-12;2-1-3/h3-12H,2H2,1H3;1-10H;/b14-12-;;. The lowest BCUT2D eigenvalue weighted by Crippen LogP contribution is -1.84. The molecule has 0 amide bonds. The van der Waals surface area contributed by atoms with E-state index < -0.39 is 0 Å². The monoisotopic (exact) mass is 491 g/mol. The number of hydrogen-bond donors (Lipinski definition) is 0. The molecular weight excluding hydrogens is 466 g/mol. The highest BCUT2D eigenvalue weighted by Gasteiger charge is 1.98. The maximum absolute atomic E-state index is 10.4. The van der Waals surface area contributed by atoms with Crippen molar-refractivity contribution in [3.8, 4) is 29.1 Å². The van der Waals surface area contributed by atoms with Crippen molar-refractivity contribution in [2.45, 2.75) is 13.3 Å². The number of rotatable bonds is 7. The van der Waals surface area contributed by atoms with E-state index in [2.05, 4.69) is 6.07 Å². The van der Waals surface area contributed by atoms with Crippen LogP contribution in [0.2, 0.25) is 0 Å². The third kappa shape index (κ3) is 10.7. The first-order valence-electron chi connectivity index (χ1n) is 11.3. The van der Waals surface area contributed by atoms with Crippen LogP contribution in [-0.2, 0) is 9.59 Å². The lowest BCUT2D eigenvalue weighted by atomic mass is 10.1. The number of allylic oxidation sites excluding steroid dienone is 1. The fraction of sp³-hybridized carbons (Fsp3) is 0.0645. The van der Waals surface area contributed by atoms with E-state index in [1.165, 1.54) is 0 Å². The minimum absolute atomic E-state index is 0.250. The van der Waals surface area contributed by atoms with Gasteiger partial charge in [-0.1, -0.05) is 55.5 Å². The molecule has 4 aromatic carbocycles. The van der Waals surface area contributed by atoms with E-state index in [4.69, 9.17) is 24.3 Å². The molecule has 0 aliphatic carbocycles. The van der Waals surface area contributed by atoms with Crippen molar-refractivity contribution in [2.24, 2.45) is 0 Å². The average molecular weight is 492 g/mol. The number of benzene rings is 4. The summed E-state index contributed by atoms with van der Waals surface area (Å²) >= 11 is 0. The van der Waals surface area contributed by atoms with Crippen molar-refractivity contribution < 1.29 is 23.9 Å². The van der Waals surface area contributed by atoms with E-state index in [1.54, 1.807) is 24.3 Å². The second-order valence-electron chi connectivity index (χ2n) is 7.30. The van der Waals surface area contributed by atoms with Crippen molar-refractivity contribution >= 4 is 18.5 Å². The number of para-hydroxylation sites is 2. The van der Waals surface area contributed by atoms with Crippen LogP contribution < -0.4 is 9.47 Å². The van der Waals surface area contributed by atoms with Crippen molar-refractivity contribution in [2.75, 3.05) is 0 Å². The maximum Gasteiger partial charge on any atom is 0.373 e. The molecule has 0 spiro atoms. The first-order valence-corrected chi connectivity index (χ1v) is 11.3. The Kier molecular flexibility index (Phi) is 12.4. The van der Waals surface area contributed by atoms with Crippen LogP contribution in [0.5, 0.6) is 23.0 Å². The predicted octanol–water partition coefficient (Wildman–Crippen LogP) is 7.50. The molecule has 0 unspecified atom stereocenters. The molecule has 0 radical (unpaired) electrons. The van der Waals surface area contributed by atoms with Crippen LogP contribution in [-0.4, -0.2) is 12.4 Å². The number of aldehydes is 1. The molecule has 6 nitrogen and oxygen atoms in total. The molecule has 184 valence electrons. The molecule has 0 heterocycles. The summed E-state index contributed by atoms with van der Waals surface area (Å²) in [4.78, 5) is 26.7. The Bertz CT molecular complexity index is 1320. The van der Waals surface area contributed by atoms with Crippen LogP contribution in [0.1, 0.15) is 29.3 Å². The van der Waals surface area contributed by atoms with Gasteiger partial charge in [0.05, 0.1) is 6.07 Å². The van der Waals surface area contributed by atoms with Gasteiger partial charge in [0, 0.05) is 11.1 Å². The van der Waals surface area contributed by atoms with Crippen molar-refractivity contribution in [3.05, 3.63) is 126 Å². The largest absolute Gasteiger partial charge is 0.457 e. The molecule has 0 bridgehead atoms. The number of carbonyl (C=O) groups is 1. The van der Waals surface area contributed by atoms with Crippen molar-refractivity contribution in [1.82, 2.24) is 0 Å². The Hall–Kier alpha value is -5.24. The first kappa shape index (κ1) is 28.0. The zero-order valence-corrected chi connectivity index (χ0v) is 20.2. The summed E-state index contributed by atoms with van der Waals surface area (Å²) in [6.07, 6.45) is 3.71. The summed E-state index contributed by atoms with van der Waals surface area (Å²) in [6, 6.07) is 36.1. The van der Waals surface area contributed by atoms with Gasteiger partial charge in [-0.3, -0.25) is 4.79 Å². The highest BCUT2D eigenvalue weighted by atomic mass is 16.5. The third-order valence-electron chi connectivity index (χ3n) is 4.72. The minimum atomic E-state index is 0.250. The molecule has 0 saturated heterocycles. The molecular formula is C31H25NO5. The van der Waals surface area contributed by atoms with Gasteiger partial charge < -0.3 is 9.47 Å². The van der Waals surface area contributed by atoms with E-state index in [0.29, 0.717) is 5.56 Å². The van der Waals surface area contributed by atoms with Gasteiger partial charge in [-0.25, -0.2) is 0 Å². The van der Waals surface area contributed by atoms with Crippen LogP contribution in [0, 0.1) is 11.3 Å². The smallest absolute Gasteiger partial charge is 0.373 e. The van der Waals surface area contributed by atoms with Crippen molar-refractivity contribution in [3.63, 3.8) is 0 Å². The van der Waals surface area contributed by atoms with Gasteiger partial charge in [0.25, 0.3) is 0 Å². The SMILES string of the molecule is CC/C(C#N)=C/c1ccc(Oc2ccccc2)cc1.O=C=O.O=Cc1ccc(Oc2ccccc2)cc1. The summed E-state index contributed by atoms with van der Waals surface area (Å²) in [5, 5.41) is 8.89. The topological polar surface area (TPSA) is 93.5 Å². The van der Waals surface area contributed by atoms with Crippen LogP contribution >= 0.6 is 0 Å². The molecule has 0 N–H and O–H groups in total. The Morgan fingerprint density at radius 1 is 0.676 bits per heavy atom. The number of ether oxygens (including phenoxy) is 2. The molecule has 0 aliphatic rings. The normalized spacial score (nSPS) is 9.68. The van der Waals surface area contributed by atoms with Crippen LogP contribution in [0.4, 0.5) is 0 Å². The van der Waals surface area contributed by atoms with Gasteiger partial charge in [-0.05, 0) is 78.7 Å². The highest BCUT2D eigenvalue weighted by Crippen LogP contribution is 2.22. The lowest BCUT2D eigenvalue weighted by molar-refractivity contribution is -0.191. The molecule has 4 aromatic rings. The Labute approximate surface area is 216 Å². The number of carbonyl (C=O) groups excluding carboxylic acids is 3. The summed E-state index contributed by atoms with van der Waals surface area (Å²) in [5.74, 6) is 3.12. The van der Waals surface area contributed by atoms with Crippen LogP contribution in [0.25, 0.3) is 6.08 Å². The lowest BCUT2D eigenvalue weighted by Gasteiger charge is -2.05. The average Bonchev–Trinajstić information content (AvgIpc) is 2.95. The van der Waals surface area contributed by atoms with Gasteiger partial charge in [-0.2, -0.15) is 14.9 Å². The van der Waals surface area contributed by atoms with Gasteiger partial charge in [0.2, 0.25) is 0 Å². The molecule has 37 heavy (non-hydrogen) atoms. The molecule has 6 heteroatoms. The molecule has 0 aliphatic heterocycles. The fourth-order valence-corrected chi connectivity index (χ4v) is 2.91. The van der Waals surface area contributed by atoms with Gasteiger partial charge in [0.15, 0.2) is 0 Å². The molecule has 4 rings (SSSR count). The predicted molar refractivity (Wildman–Crippen MR) is 140 cm³/mol. The third-order valence-corrected chi connectivity index (χ3v) is 4.72. The zero-order chi connectivity index (χ0) is 26.7. The minimum Gasteiger partial charge on any atom is -0.457 e. The van der Waals surface area contributed by atoms with Crippen LogP contribution in [0.3, 0.4) is 0 Å². The van der Waals surface area contributed by atoms with E-state index >= 15 is 0 Å². The zero-order valence-electron chi connectivity index (χ0n) is 20.2. The molecule has 0 saturated carbocycles. The quantitative estimate of drug-likeness (QED) is 0.196. The van der Waals surface area contributed by atoms with E-state index in [0.717, 1.165) is 46.8 Å². The Balaban J connectivity index is 0.000000240. The number of hydrogen-bond acceptors (Lipinski definition) is 6. The van der Waals surface area contributed by atoms with Crippen molar-refractivity contribution in [1.29, 1.82) is 5.26 Å². The maximum atomic E-state index is 10.4. The molecule has 0 atom stereocenters. The van der Waals surface area contributed by atoms with Gasteiger partial charge >= 0.3 is 6.15 Å². The molecule has 0 fully saturated rings. The van der Waals surface area contributed by atoms with E-state index in [-0.39, 0.29) is 6.15 Å². The number of nitrogens with zero attached hydrogens (tertiary/aromatic N) is 1. The summed E-state index contributed by atoms with van der Waals surface area (Å²) in [7, 11) is 0. The van der Waals surface area contributed by atoms with Crippen LogP contribution in [0.15, 0.2) is 115 Å². The summed E-state index contributed by atoms with van der Waals surface area (Å²) < 4.78 is 11.3. The highest BCUT2D eigenvalue weighted by molar-refractivity contribution is 5.74. The van der Waals surface area contributed by atoms with Gasteiger partial charge in [-0.15, -0.1) is 0 Å². The molecule has 0 aromatic heterocycles. The van der Waals surface area contributed by atoms with E-state index in [1.807, 2.05) is 97.9 Å². The second kappa shape index (κ2) is 16.4. The summed E-state index contributed by atoms with van der Waals surface area (Å²) in [5.41, 5.74) is 2.44. The first-order chi connectivity index (χ1) is 18.1. The summed E-state index contributed by atoms with van der Waals surface area (Å²) in [6.45, 7) is 1.97.